The summed E-state index contributed by atoms with van der Waals surface area (Å²) >= 11 is 0. The summed E-state index contributed by atoms with van der Waals surface area (Å²) in [6.07, 6.45) is 1.16. The second-order valence-corrected chi connectivity index (χ2v) is 5.74. The standard InChI is InChI=1S/C18H16N3O2/c19-17(22)16-13-7-3-4-8-14(13)20-18(23-16)21-15-10-9-11-5-1-2-6-12(11)15/h1-2,4-8,15-16H,9-10H2,(H2,19,22)(H,20,21)/t15-,16?/m1/s1. The molecule has 0 fully saturated rings. The zero-order valence-electron chi connectivity index (χ0n) is 12.5. The minimum atomic E-state index is -0.834. The van der Waals surface area contributed by atoms with Crippen molar-refractivity contribution in [3.63, 3.8) is 0 Å². The zero-order valence-corrected chi connectivity index (χ0v) is 12.5. The lowest BCUT2D eigenvalue weighted by molar-refractivity contribution is -0.125. The van der Waals surface area contributed by atoms with Crippen LogP contribution >= 0.6 is 0 Å². The van der Waals surface area contributed by atoms with Crippen molar-refractivity contribution in [1.29, 1.82) is 0 Å². The van der Waals surface area contributed by atoms with Crippen molar-refractivity contribution >= 4 is 17.6 Å². The van der Waals surface area contributed by atoms with Gasteiger partial charge in [-0.2, -0.15) is 4.99 Å². The number of primary amides is 1. The average molecular weight is 306 g/mol. The van der Waals surface area contributed by atoms with Gasteiger partial charge in [0.1, 0.15) is 0 Å². The summed E-state index contributed by atoms with van der Waals surface area (Å²) in [5.41, 5.74) is 9.39. The summed E-state index contributed by atoms with van der Waals surface area (Å²) in [4.78, 5) is 16.2. The molecule has 0 aromatic heterocycles. The number of hydrogen-bond acceptors (Lipinski definition) is 4. The number of hydrogen-bond donors (Lipinski definition) is 2. The highest BCUT2D eigenvalue weighted by Gasteiger charge is 2.31. The van der Waals surface area contributed by atoms with Gasteiger partial charge in [0, 0.05) is 5.56 Å². The molecule has 1 unspecified atom stereocenters. The Morgan fingerprint density at radius 2 is 2.17 bits per heavy atom. The number of rotatable bonds is 2. The van der Waals surface area contributed by atoms with Gasteiger partial charge in [0.2, 0.25) is 6.10 Å². The van der Waals surface area contributed by atoms with E-state index in [0.29, 0.717) is 17.3 Å². The van der Waals surface area contributed by atoms with E-state index in [4.69, 9.17) is 10.5 Å². The fourth-order valence-corrected chi connectivity index (χ4v) is 3.19. The van der Waals surface area contributed by atoms with E-state index in [0.717, 1.165) is 12.8 Å². The predicted molar refractivity (Wildman–Crippen MR) is 86.0 cm³/mol. The van der Waals surface area contributed by atoms with Crippen molar-refractivity contribution < 1.29 is 9.53 Å². The number of carbonyl (C=O) groups excluding carboxylic acids is 1. The first-order valence-electron chi connectivity index (χ1n) is 7.61. The smallest absolute Gasteiger partial charge is 0.291 e. The molecule has 115 valence electrons. The van der Waals surface area contributed by atoms with Gasteiger partial charge >= 0.3 is 0 Å². The van der Waals surface area contributed by atoms with Crippen LogP contribution in [0.4, 0.5) is 5.69 Å². The Bertz CT molecular complexity index is 800. The molecule has 0 spiro atoms. The van der Waals surface area contributed by atoms with Gasteiger partial charge < -0.3 is 15.8 Å². The van der Waals surface area contributed by atoms with Crippen molar-refractivity contribution in [2.45, 2.75) is 25.0 Å². The first kappa shape index (κ1) is 13.8. The lowest BCUT2D eigenvalue weighted by Gasteiger charge is -2.26. The van der Waals surface area contributed by atoms with Crippen LogP contribution in [0.2, 0.25) is 0 Å². The molecular weight excluding hydrogens is 290 g/mol. The number of aryl methyl sites for hydroxylation is 1. The molecule has 1 aliphatic heterocycles. The number of benzene rings is 2. The van der Waals surface area contributed by atoms with Crippen LogP contribution in [0, 0.1) is 6.07 Å². The molecule has 0 bridgehead atoms. The van der Waals surface area contributed by atoms with E-state index in [1.165, 1.54) is 11.1 Å². The minimum absolute atomic E-state index is 0.135. The summed E-state index contributed by atoms with van der Waals surface area (Å²) in [5, 5.41) is 3.31. The molecule has 2 atom stereocenters. The van der Waals surface area contributed by atoms with Crippen LogP contribution in [0.25, 0.3) is 0 Å². The molecule has 1 heterocycles. The Kier molecular flexibility index (Phi) is 3.26. The van der Waals surface area contributed by atoms with Gasteiger partial charge in [0.05, 0.1) is 11.7 Å². The highest BCUT2D eigenvalue weighted by atomic mass is 16.5. The zero-order chi connectivity index (χ0) is 15.8. The maximum absolute atomic E-state index is 11.7. The van der Waals surface area contributed by atoms with Gasteiger partial charge in [-0.15, -0.1) is 0 Å². The number of ether oxygens (including phenoxy) is 1. The molecule has 2 aromatic carbocycles. The average Bonchev–Trinajstić information content (AvgIpc) is 2.97. The molecule has 0 saturated heterocycles. The Morgan fingerprint density at radius 1 is 1.30 bits per heavy atom. The summed E-state index contributed by atoms with van der Waals surface area (Å²) in [7, 11) is 0. The molecule has 0 saturated carbocycles. The van der Waals surface area contributed by atoms with E-state index in [-0.39, 0.29) is 6.04 Å². The van der Waals surface area contributed by atoms with Crippen molar-refractivity contribution in [1.82, 2.24) is 5.32 Å². The lowest BCUT2D eigenvalue weighted by Crippen LogP contribution is -2.36. The predicted octanol–water partition coefficient (Wildman–Crippen LogP) is 2.31. The normalized spacial score (nSPS) is 21.7. The van der Waals surface area contributed by atoms with Gasteiger partial charge in [0.25, 0.3) is 11.9 Å². The molecule has 4 rings (SSSR count). The fourth-order valence-electron chi connectivity index (χ4n) is 3.19. The molecule has 23 heavy (non-hydrogen) atoms. The number of carbonyl (C=O) groups is 1. The Morgan fingerprint density at radius 3 is 3.04 bits per heavy atom. The van der Waals surface area contributed by atoms with Gasteiger partial charge in [0.15, 0.2) is 0 Å². The van der Waals surface area contributed by atoms with Crippen LogP contribution in [0.1, 0.15) is 35.3 Å². The molecule has 3 N–H and O–H groups in total. The monoisotopic (exact) mass is 306 g/mol. The Hall–Kier alpha value is -2.82. The quantitative estimate of drug-likeness (QED) is 0.894. The molecule has 1 aliphatic carbocycles. The van der Waals surface area contributed by atoms with Crippen LogP contribution in [0.3, 0.4) is 0 Å². The highest BCUT2D eigenvalue weighted by molar-refractivity contribution is 5.89. The SMILES string of the molecule is NC(=O)C1OC(N[C@@H]2CCc3ccccc32)=Nc2cc[c]cc21. The van der Waals surface area contributed by atoms with Crippen molar-refractivity contribution in [3.8, 4) is 0 Å². The number of fused-ring (bicyclic) bond motifs is 2. The van der Waals surface area contributed by atoms with Crippen LogP contribution < -0.4 is 11.1 Å². The summed E-state index contributed by atoms with van der Waals surface area (Å²) < 4.78 is 5.70. The molecule has 1 radical (unpaired) electrons. The van der Waals surface area contributed by atoms with E-state index in [1.54, 1.807) is 18.2 Å². The van der Waals surface area contributed by atoms with E-state index < -0.39 is 12.0 Å². The van der Waals surface area contributed by atoms with E-state index in [1.807, 2.05) is 12.1 Å². The van der Waals surface area contributed by atoms with Crippen LogP contribution in [-0.2, 0) is 16.0 Å². The molecule has 2 aliphatic rings. The minimum Gasteiger partial charge on any atom is -0.447 e. The topological polar surface area (TPSA) is 76.7 Å². The van der Waals surface area contributed by atoms with Gasteiger partial charge in [-0.1, -0.05) is 30.3 Å². The molecular formula is C18H16N3O2. The van der Waals surface area contributed by atoms with Crippen molar-refractivity contribution in [3.05, 3.63) is 65.2 Å². The summed E-state index contributed by atoms with van der Waals surface area (Å²) in [6, 6.07) is 17.0. The van der Waals surface area contributed by atoms with Crippen LogP contribution in [-0.4, -0.2) is 11.9 Å². The van der Waals surface area contributed by atoms with Gasteiger partial charge in [-0.25, -0.2) is 0 Å². The number of nitrogens with two attached hydrogens (primary N) is 1. The third-order valence-corrected chi connectivity index (χ3v) is 4.29. The first-order valence-corrected chi connectivity index (χ1v) is 7.61. The van der Waals surface area contributed by atoms with Gasteiger partial charge in [-0.05, 0) is 42.2 Å². The maximum Gasteiger partial charge on any atom is 0.291 e. The Balaban J connectivity index is 1.64. The maximum atomic E-state index is 11.7. The van der Waals surface area contributed by atoms with Crippen molar-refractivity contribution in [2.24, 2.45) is 10.7 Å². The highest BCUT2D eigenvalue weighted by Crippen LogP contribution is 2.34. The van der Waals surface area contributed by atoms with Crippen LogP contribution in [0.5, 0.6) is 0 Å². The second-order valence-electron chi connectivity index (χ2n) is 5.74. The van der Waals surface area contributed by atoms with Crippen molar-refractivity contribution in [2.75, 3.05) is 0 Å². The number of nitrogens with zero attached hydrogens (tertiary/aromatic N) is 1. The molecule has 5 heteroatoms. The third-order valence-electron chi connectivity index (χ3n) is 4.29. The first-order chi connectivity index (χ1) is 11.2. The molecule has 2 aromatic rings. The summed E-state index contributed by atoms with van der Waals surface area (Å²) in [5.74, 6) is -0.535. The fraction of sp³-hybridized carbons (Fsp3) is 0.222. The number of amides is 1. The van der Waals surface area contributed by atoms with Crippen LogP contribution in [0.15, 0.2) is 47.5 Å². The number of nitrogens with one attached hydrogen (secondary N) is 1. The number of amidine groups is 1. The van der Waals surface area contributed by atoms with E-state index in [2.05, 4.69) is 28.5 Å². The Labute approximate surface area is 134 Å². The number of aliphatic imine (C=N–C) groups is 1. The van der Waals surface area contributed by atoms with Gasteiger partial charge in [-0.3, -0.25) is 4.79 Å². The van der Waals surface area contributed by atoms with E-state index in [9.17, 15) is 4.79 Å². The third kappa shape index (κ3) is 2.44. The second kappa shape index (κ2) is 5.43. The largest absolute Gasteiger partial charge is 0.447 e. The van der Waals surface area contributed by atoms with E-state index >= 15 is 0 Å². The molecule has 1 amide bonds. The molecule has 5 nitrogen and oxygen atoms in total. The summed E-state index contributed by atoms with van der Waals surface area (Å²) in [6.45, 7) is 0. The lowest BCUT2D eigenvalue weighted by atomic mass is 10.1.